The number of carbonyl (C=O) groups excluding carboxylic acids is 1. The van der Waals surface area contributed by atoms with Gasteiger partial charge >= 0.3 is 6.03 Å². The third kappa shape index (κ3) is 4.59. The number of nitrogens with one attached hydrogen (secondary N) is 2. The molecular formula is C14H24N2O3. The molecule has 1 aromatic heterocycles. The van der Waals surface area contributed by atoms with Crippen molar-refractivity contribution >= 4 is 6.03 Å². The summed E-state index contributed by atoms with van der Waals surface area (Å²) >= 11 is 0. The molecular weight excluding hydrogens is 244 g/mol. The normalized spacial score (nSPS) is 16.5. The Morgan fingerprint density at radius 3 is 2.53 bits per heavy atom. The Labute approximate surface area is 114 Å². The van der Waals surface area contributed by atoms with Crippen LogP contribution in [-0.2, 0) is 5.60 Å². The third-order valence-electron chi connectivity index (χ3n) is 3.29. The van der Waals surface area contributed by atoms with Crippen LogP contribution in [-0.4, -0.2) is 23.7 Å². The van der Waals surface area contributed by atoms with E-state index in [4.69, 9.17) is 4.42 Å². The van der Waals surface area contributed by atoms with Crippen molar-refractivity contribution in [3.05, 3.63) is 24.2 Å². The molecule has 0 bridgehead atoms. The Hall–Kier alpha value is -1.49. The smallest absolute Gasteiger partial charge is 0.315 e. The van der Waals surface area contributed by atoms with Crippen molar-refractivity contribution in [1.29, 1.82) is 0 Å². The fourth-order valence-corrected chi connectivity index (χ4v) is 1.39. The largest absolute Gasteiger partial charge is 0.466 e. The first-order chi connectivity index (χ1) is 8.63. The Morgan fingerprint density at radius 1 is 1.42 bits per heavy atom. The van der Waals surface area contributed by atoms with Gasteiger partial charge in [-0.15, -0.1) is 0 Å². The number of hydrogen-bond donors (Lipinski definition) is 3. The molecule has 19 heavy (non-hydrogen) atoms. The monoisotopic (exact) mass is 268 g/mol. The number of carbonyl (C=O) groups is 1. The van der Waals surface area contributed by atoms with Gasteiger partial charge < -0.3 is 20.2 Å². The van der Waals surface area contributed by atoms with Crippen molar-refractivity contribution in [3.8, 4) is 0 Å². The molecule has 1 heterocycles. The minimum atomic E-state index is -1.22. The molecule has 0 aromatic carbocycles. The second kappa shape index (κ2) is 5.65. The van der Waals surface area contributed by atoms with Gasteiger partial charge in [0.25, 0.3) is 0 Å². The summed E-state index contributed by atoms with van der Waals surface area (Å²) in [5, 5.41) is 15.7. The molecule has 0 aliphatic heterocycles. The van der Waals surface area contributed by atoms with Gasteiger partial charge in [0, 0.05) is 6.04 Å². The van der Waals surface area contributed by atoms with Crippen LogP contribution < -0.4 is 10.6 Å². The number of furan rings is 1. The van der Waals surface area contributed by atoms with Crippen LogP contribution in [0.15, 0.2) is 22.8 Å². The van der Waals surface area contributed by atoms with Crippen LogP contribution in [0.2, 0.25) is 0 Å². The minimum Gasteiger partial charge on any atom is -0.466 e. The summed E-state index contributed by atoms with van der Waals surface area (Å²) in [7, 11) is 0. The van der Waals surface area contributed by atoms with Crippen LogP contribution in [0.3, 0.4) is 0 Å². The van der Waals surface area contributed by atoms with Crippen LogP contribution in [0.25, 0.3) is 0 Å². The highest BCUT2D eigenvalue weighted by Gasteiger charge is 2.27. The molecule has 0 fully saturated rings. The lowest BCUT2D eigenvalue weighted by molar-refractivity contribution is 0.0365. The summed E-state index contributed by atoms with van der Waals surface area (Å²) in [6.45, 7) is 9.79. The van der Waals surface area contributed by atoms with Gasteiger partial charge in [-0.05, 0) is 31.4 Å². The van der Waals surface area contributed by atoms with Crippen molar-refractivity contribution in [1.82, 2.24) is 10.6 Å². The fraction of sp³-hybridized carbons (Fsp3) is 0.643. The zero-order valence-electron chi connectivity index (χ0n) is 12.3. The van der Waals surface area contributed by atoms with Crippen LogP contribution in [0.4, 0.5) is 4.79 Å². The molecule has 1 aromatic rings. The van der Waals surface area contributed by atoms with E-state index in [0.717, 1.165) is 0 Å². The highest BCUT2D eigenvalue weighted by Crippen LogP contribution is 2.20. The first-order valence-electron chi connectivity index (χ1n) is 6.43. The van der Waals surface area contributed by atoms with E-state index in [0.29, 0.717) is 5.76 Å². The van der Waals surface area contributed by atoms with Crippen molar-refractivity contribution < 1.29 is 14.3 Å². The first kappa shape index (κ1) is 15.6. The Balaban J connectivity index is 2.47. The summed E-state index contributed by atoms with van der Waals surface area (Å²) in [6.07, 6.45) is 1.49. The molecule has 5 heteroatoms. The summed E-state index contributed by atoms with van der Waals surface area (Å²) in [6, 6.07) is 3.11. The Bertz CT molecular complexity index is 405. The van der Waals surface area contributed by atoms with Gasteiger partial charge in [0.1, 0.15) is 11.4 Å². The lowest BCUT2D eigenvalue weighted by atomic mass is 9.88. The van der Waals surface area contributed by atoms with Gasteiger partial charge in [-0.3, -0.25) is 0 Å². The highest BCUT2D eigenvalue weighted by molar-refractivity contribution is 5.74. The van der Waals surface area contributed by atoms with E-state index in [-0.39, 0.29) is 24.0 Å². The van der Waals surface area contributed by atoms with Gasteiger partial charge in [0.2, 0.25) is 0 Å². The van der Waals surface area contributed by atoms with E-state index in [2.05, 4.69) is 31.4 Å². The minimum absolute atomic E-state index is 0.0130. The van der Waals surface area contributed by atoms with E-state index in [1.54, 1.807) is 19.1 Å². The second-order valence-corrected chi connectivity index (χ2v) is 6.17. The average molecular weight is 268 g/mol. The van der Waals surface area contributed by atoms with E-state index >= 15 is 0 Å². The zero-order valence-corrected chi connectivity index (χ0v) is 12.3. The quantitative estimate of drug-likeness (QED) is 0.784. The number of hydrogen-bond acceptors (Lipinski definition) is 3. The molecule has 0 aliphatic rings. The van der Waals surface area contributed by atoms with Crippen LogP contribution in [0.5, 0.6) is 0 Å². The SMILES string of the molecule is C[C@H](NC(=O)NC[C@@](C)(O)c1ccco1)C(C)(C)C. The lowest BCUT2D eigenvalue weighted by Gasteiger charge is -2.29. The van der Waals surface area contributed by atoms with Crippen LogP contribution >= 0.6 is 0 Å². The second-order valence-electron chi connectivity index (χ2n) is 6.17. The van der Waals surface area contributed by atoms with Crippen LogP contribution in [0, 0.1) is 5.41 Å². The molecule has 0 saturated heterocycles. The standard InChI is InChI=1S/C14H24N2O3/c1-10(13(2,3)4)16-12(17)15-9-14(5,18)11-7-6-8-19-11/h6-8,10,18H,9H2,1-5H3,(H2,15,16,17)/t10-,14+/m0/s1. The molecule has 0 radical (unpaired) electrons. The Kier molecular flexibility index (Phi) is 4.63. The molecule has 0 saturated carbocycles. The molecule has 2 atom stereocenters. The summed E-state index contributed by atoms with van der Waals surface area (Å²) in [4.78, 5) is 11.8. The molecule has 5 nitrogen and oxygen atoms in total. The maximum atomic E-state index is 11.8. The van der Waals surface area contributed by atoms with Crippen LogP contribution in [0.1, 0.15) is 40.4 Å². The molecule has 2 amide bonds. The summed E-state index contributed by atoms with van der Waals surface area (Å²) in [5.41, 5.74) is -1.23. The fourth-order valence-electron chi connectivity index (χ4n) is 1.39. The van der Waals surface area contributed by atoms with Gasteiger partial charge in [0.15, 0.2) is 0 Å². The van der Waals surface area contributed by atoms with E-state index < -0.39 is 5.60 Å². The van der Waals surface area contributed by atoms with Crippen molar-refractivity contribution in [2.75, 3.05) is 6.54 Å². The van der Waals surface area contributed by atoms with Gasteiger partial charge in [-0.2, -0.15) is 0 Å². The molecule has 0 aliphatic carbocycles. The lowest BCUT2D eigenvalue weighted by Crippen LogP contribution is -2.49. The predicted molar refractivity (Wildman–Crippen MR) is 73.7 cm³/mol. The molecule has 3 N–H and O–H groups in total. The van der Waals surface area contributed by atoms with Gasteiger partial charge in [0.05, 0.1) is 12.8 Å². The zero-order chi connectivity index (χ0) is 14.7. The first-order valence-corrected chi connectivity index (χ1v) is 6.43. The topological polar surface area (TPSA) is 74.5 Å². The number of urea groups is 1. The van der Waals surface area contributed by atoms with Crippen molar-refractivity contribution in [2.45, 2.75) is 46.3 Å². The van der Waals surface area contributed by atoms with E-state index in [1.807, 2.05) is 6.92 Å². The van der Waals surface area contributed by atoms with Gasteiger partial charge in [-0.25, -0.2) is 4.79 Å². The number of rotatable bonds is 4. The molecule has 108 valence electrons. The molecule has 1 rings (SSSR count). The number of amides is 2. The highest BCUT2D eigenvalue weighted by atomic mass is 16.4. The maximum Gasteiger partial charge on any atom is 0.315 e. The van der Waals surface area contributed by atoms with Gasteiger partial charge in [-0.1, -0.05) is 20.8 Å². The average Bonchev–Trinajstić information content (AvgIpc) is 2.79. The van der Waals surface area contributed by atoms with Crippen molar-refractivity contribution in [3.63, 3.8) is 0 Å². The molecule has 0 unspecified atom stereocenters. The summed E-state index contributed by atoms with van der Waals surface area (Å²) < 4.78 is 5.14. The van der Waals surface area contributed by atoms with E-state index in [1.165, 1.54) is 6.26 Å². The van der Waals surface area contributed by atoms with E-state index in [9.17, 15) is 9.90 Å². The molecule has 0 spiro atoms. The Morgan fingerprint density at radius 2 is 2.05 bits per heavy atom. The number of aliphatic hydroxyl groups is 1. The maximum absolute atomic E-state index is 11.8. The van der Waals surface area contributed by atoms with Crippen molar-refractivity contribution in [2.24, 2.45) is 5.41 Å². The summed E-state index contributed by atoms with van der Waals surface area (Å²) in [5.74, 6) is 0.427. The third-order valence-corrected chi connectivity index (χ3v) is 3.29. The predicted octanol–water partition coefficient (Wildman–Crippen LogP) is 2.22.